The molecule has 0 fully saturated rings. The second kappa shape index (κ2) is 6.94. The number of halogens is 3. The van der Waals surface area contributed by atoms with Gasteiger partial charge in [-0.25, -0.2) is 0 Å². The molecule has 0 aliphatic carbocycles. The van der Waals surface area contributed by atoms with Gasteiger partial charge in [0, 0.05) is 0 Å². The first-order valence-electron chi connectivity index (χ1n) is 7.35. The Balaban J connectivity index is 2.53. The van der Waals surface area contributed by atoms with Gasteiger partial charge >= 0.3 is 6.18 Å². The minimum Gasteiger partial charge on any atom is -0.519 e. The summed E-state index contributed by atoms with van der Waals surface area (Å²) >= 11 is 0. The lowest BCUT2D eigenvalue weighted by atomic mass is 10.2. The molecule has 0 aliphatic heterocycles. The third-order valence-electron chi connectivity index (χ3n) is 3.91. The molecule has 3 nitrogen and oxygen atoms in total. The number of rotatable bonds is 5. The largest absolute Gasteiger partial charge is 0.519 e. The maximum atomic E-state index is 12.6. The maximum Gasteiger partial charge on any atom is 0.416 e. The molecule has 1 rings (SSSR count). The SMILES string of the molecule is CC(C)(C)[Si](C)(C)OC(=O)CCOc1cccc(C(F)(F)F)c1. The Hall–Kier alpha value is -1.50. The molecule has 130 valence electrons. The Labute approximate surface area is 135 Å². The van der Waals surface area contributed by atoms with E-state index in [9.17, 15) is 18.0 Å². The van der Waals surface area contributed by atoms with Gasteiger partial charge in [0.1, 0.15) is 5.75 Å². The fraction of sp³-hybridized carbons (Fsp3) is 0.562. The molecule has 23 heavy (non-hydrogen) atoms. The standard InChI is InChI=1S/C16H23F3O3Si/c1-15(2,3)23(4,5)22-14(20)9-10-21-13-8-6-7-12(11-13)16(17,18)19/h6-8,11H,9-10H2,1-5H3. The van der Waals surface area contributed by atoms with Crippen molar-refractivity contribution in [1.29, 1.82) is 0 Å². The summed E-state index contributed by atoms with van der Waals surface area (Å²) in [5.41, 5.74) is -0.779. The second-order valence-corrected chi connectivity index (χ2v) is 11.6. The molecule has 0 saturated carbocycles. The highest BCUT2D eigenvalue weighted by atomic mass is 28.4. The van der Waals surface area contributed by atoms with E-state index in [1.165, 1.54) is 12.1 Å². The van der Waals surface area contributed by atoms with E-state index < -0.39 is 20.1 Å². The Morgan fingerprint density at radius 3 is 2.30 bits per heavy atom. The first-order chi connectivity index (χ1) is 10.3. The van der Waals surface area contributed by atoms with E-state index >= 15 is 0 Å². The van der Waals surface area contributed by atoms with Gasteiger partial charge in [0.15, 0.2) is 0 Å². The number of benzene rings is 1. The molecule has 0 atom stereocenters. The fourth-order valence-electron chi connectivity index (χ4n) is 1.50. The van der Waals surface area contributed by atoms with E-state index in [4.69, 9.17) is 9.16 Å². The Bertz CT molecular complexity index is 548. The lowest BCUT2D eigenvalue weighted by Gasteiger charge is -2.35. The van der Waals surface area contributed by atoms with Crippen molar-refractivity contribution in [3.8, 4) is 5.75 Å². The van der Waals surface area contributed by atoms with Gasteiger partial charge in [-0.05, 0) is 36.3 Å². The molecule has 0 N–H and O–H groups in total. The van der Waals surface area contributed by atoms with Crippen LogP contribution in [0.3, 0.4) is 0 Å². The molecule has 0 bridgehead atoms. The Morgan fingerprint density at radius 1 is 1.17 bits per heavy atom. The topological polar surface area (TPSA) is 35.5 Å². The highest BCUT2D eigenvalue weighted by molar-refractivity contribution is 6.75. The van der Waals surface area contributed by atoms with Crippen LogP contribution in [-0.4, -0.2) is 20.9 Å². The molecule has 1 aromatic rings. The van der Waals surface area contributed by atoms with Crippen LogP contribution in [0, 0.1) is 0 Å². The van der Waals surface area contributed by atoms with Crippen molar-refractivity contribution in [2.75, 3.05) is 6.61 Å². The number of carbonyl (C=O) groups excluding carboxylic acids is 1. The van der Waals surface area contributed by atoms with Crippen molar-refractivity contribution in [2.24, 2.45) is 0 Å². The van der Waals surface area contributed by atoms with Crippen molar-refractivity contribution in [3.05, 3.63) is 29.8 Å². The summed E-state index contributed by atoms with van der Waals surface area (Å²) in [6.07, 6.45) is -4.41. The van der Waals surface area contributed by atoms with Crippen LogP contribution >= 0.6 is 0 Å². The number of hydrogen-bond acceptors (Lipinski definition) is 3. The summed E-state index contributed by atoms with van der Waals surface area (Å²) in [6.45, 7) is 9.95. The van der Waals surface area contributed by atoms with Crippen LogP contribution in [0.5, 0.6) is 5.75 Å². The van der Waals surface area contributed by atoms with Crippen LogP contribution in [0.4, 0.5) is 13.2 Å². The van der Waals surface area contributed by atoms with E-state index in [0.29, 0.717) is 0 Å². The van der Waals surface area contributed by atoms with Crippen molar-refractivity contribution in [3.63, 3.8) is 0 Å². The summed E-state index contributed by atoms with van der Waals surface area (Å²) in [5, 5.41) is -0.0927. The van der Waals surface area contributed by atoms with E-state index in [2.05, 4.69) is 0 Å². The van der Waals surface area contributed by atoms with E-state index in [-0.39, 0.29) is 29.8 Å². The van der Waals surface area contributed by atoms with E-state index in [1.54, 1.807) is 0 Å². The predicted molar refractivity (Wildman–Crippen MR) is 84.8 cm³/mol. The van der Waals surface area contributed by atoms with Gasteiger partial charge in [-0.3, -0.25) is 4.79 Å². The molecule has 0 saturated heterocycles. The van der Waals surface area contributed by atoms with Gasteiger partial charge in [-0.2, -0.15) is 13.2 Å². The van der Waals surface area contributed by atoms with Crippen LogP contribution in [-0.2, 0) is 15.4 Å². The number of hydrogen-bond donors (Lipinski definition) is 0. The van der Waals surface area contributed by atoms with Crippen LogP contribution in [0.25, 0.3) is 0 Å². The normalized spacial score (nSPS) is 12.9. The minimum atomic E-state index is -4.42. The molecule has 1 aromatic carbocycles. The van der Waals surface area contributed by atoms with Crippen molar-refractivity contribution >= 4 is 14.3 Å². The summed E-state index contributed by atoms with van der Waals surface area (Å²) in [4.78, 5) is 11.9. The zero-order valence-corrected chi connectivity index (χ0v) is 15.1. The maximum absolute atomic E-state index is 12.6. The third kappa shape index (κ3) is 5.89. The van der Waals surface area contributed by atoms with Gasteiger partial charge in [-0.1, -0.05) is 26.8 Å². The van der Waals surface area contributed by atoms with Gasteiger partial charge < -0.3 is 9.16 Å². The van der Waals surface area contributed by atoms with Crippen LogP contribution in [0.2, 0.25) is 18.1 Å². The van der Waals surface area contributed by atoms with Gasteiger partial charge in [-0.15, -0.1) is 0 Å². The number of alkyl halides is 3. The first kappa shape index (κ1) is 19.5. The van der Waals surface area contributed by atoms with Gasteiger partial charge in [0.05, 0.1) is 18.6 Å². The van der Waals surface area contributed by atoms with E-state index in [0.717, 1.165) is 12.1 Å². The average Bonchev–Trinajstić information content (AvgIpc) is 2.36. The smallest absolute Gasteiger partial charge is 0.416 e. The monoisotopic (exact) mass is 348 g/mol. The molecule has 0 spiro atoms. The Kier molecular flexibility index (Phi) is 5.90. The predicted octanol–water partition coefficient (Wildman–Crippen LogP) is 5.02. The number of ether oxygens (including phenoxy) is 1. The van der Waals surface area contributed by atoms with E-state index in [1.807, 2.05) is 33.9 Å². The number of carbonyl (C=O) groups is 1. The fourth-order valence-corrected chi connectivity index (χ4v) is 2.48. The van der Waals surface area contributed by atoms with Crippen molar-refractivity contribution in [1.82, 2.24) is 0 Å². The summed E-state index contributed by atoms with van der Waals surface area (Å²) < 4.78 is 48.6. The minimum absolute atomic E-state index is 0.00273. The van der Waals surface area contributed by atoms with Crippen LogP contribution in [0.1, 0.15) is 32.8 Å². The third-order valence-corrected chi connectivity index (χ3v) is 8.26. The highest BCUT2D eigenvalue weighted by Gasteiger charge is 2.40. The zero-order valence-electron chi connectivity index (χ0n) is 14.1. The molecule has 0 amide bonds. The van der Waals surface area contributed by atoms with Crippen molar-refractivity contribution in [2.45, 2.75) is 51.5 Å². The molecular formula is C16H23F3O3Si. The van der Waals surface area contributed by atoms with Crippen molar-refractivity contribution < 1.29 is 27.1 Å². The summed E-state index contributed by atoms with van der Waals surface area (Å²) in [5.74, 6) is -0.302. The highest BCUT2D eigenvalue weighted by Crippen LogP contribution is 2.36. The zero-order chi connectivity index (χ0) is 17.9. The molecule has 0 unspecified atom stereocenters. The molecule has 0 aromatic heterocycles. The van der Waals surface area contributed by atoms with Crippen LogP contribution in [0.15, 0.2) is 24.3 Å². The molecular weight excluding hydrogens is 325 g/mol. The van der Waals surface area contributed by atoms with Crippen LogP contribution < -0.4 is 4.74 Å². The second-order valence-electron chi connectivity index (χ2n) is 6.86. The molecule has 7 heteroatoms. The molecule has 0 radical (unpaired) electrons. The Morgan fingerprint density at radius 2 is 1.78 bits per heavy atom. The quantitative estimate of drug-likeness (QED) is 0.701. The van der Waals surface area contributed by atoms with Gasteiger partial charge in [0.25, 0.3) is 14.3 Å². The lowest BCUT2D eigenvalue weighted by Crippen LogP contribution is -2.42. The first-order valence-corrected chi connectivity index (χ1v) is 10.3. The summed E-state index contributed by atoms with van der Waals surface area (Å²) in [6, 6.07) is 4.58. The molecule has 0 heterocycles. The average molecular weight is 348 g/mol. The lowest BCUT2D eigenvalue weighted by molar-refractivity contribution is -0.138. The summed E-state index contributed by atoms with van der Waals surface area (Å²) in [7, 11) is -2.18. The molecule has 0 aliphatic rings. The van der Waals surface area contributed by atoms with Gasteiger partial charge in [0.2, 0.25) is 0 Å².